The number of aromatic nitrogens is 3. The number of fused-ring (bicyclic) bond motifs is 3. The van der Waals surface area contributed by atoms with Gasteiger partial charge in [-0.15, -0.1) is 0 Å². The van der Waals surface area contributed by atoms with E-state index < -0.39 is 5.41 Å². The van der Waals surface area contributed by atoms with E-state index in [2.05, 4.69) is 91.0 Å². The van der Waals surface area contributed by atoms with Crippen molar-refractivity contribution in [1.82, 2.24) is 15.0 Å². The Kier molecular flexibility index (Phi) is 7.74. The smallest absolute Gasteiger partial charge is 0.164 e. The number of rotatable bonds is 6. The van der Waals surface area contributed by atoms with Crippen LogP contribution in [-0.2, 0) is 5.41 Å². The molecule has 0 saturated carbocycles. The summed E-state index contributed by atoms with van der Waals surface area (Å²) >= 11 is 0. The molecule has 0 aliphatic heterocycles. The predicted molar refractivity (Wildman–Crippen MR) is 218 cm³/mol. The van der Waals surface area contributed by atoms with Gasteiger partial charge in [0.05, 0.1) is 5.41 Å². The first-order valence-electron chi connectivity index (χ1n) is 18.2. The van der Waals surface area contributed by atoms with Crippen LogP contribution >= 0.6 is 0 Å². The summed E-state index contributed by atoms with van der Waals surface area (Å²) in [7, 11) is 0. The Morgan fingerprint density at radius 2 is 0.782 bits per heavy atom. The van der Waals surface area contributed by atoms with E-state index in [1.807, 2.05) is 72.8 Å². The van der Waals surface area contributed by atoms with Crippen LogP contribution in [0.5, 0.6) is 0 Å². The predicted octanol–water partition coefficient (Wildman–Crippen LogP) is 12.3. The fourth-order valence-corrected chi connectivity index (χ4v) is 8.08. The van der Waals surface area contributed by atoms with Crippen LogP contribution in [0.3, 0.4) is 0 Å². The SMILES string of the molecule is Fc1ccc(C2(c3ccc(F)cc3)C(c3ccc(-c4nc(-c5ccc6ccccc6c5)nc(-c5ccc6ccccc6c5)n4)cc3)=Cc3ccccc32)cc1. The molecule has 1 aliphatic carbocycles. The lowest BCUT2D eigenvalue weighted by molar-refractivity contribution is 0.624. The van der Waals surface area contributed by atoms with E-state index in [1.54, 1.807) is 0 Å². The summed E-state index contributed by atoms with van der Waals surface area (Å²) in [6.07, 6.45) is 2.19. The number of halogens is 2. The Labute approximate surface area is 317 Å². The Bertz CT molecular complexity index is 2790. The van der Waals surface area contributed by atoms with Crippen molar-refractivity contribution in [3.05, 3.63) is 221 Å². The van der Waals surface area contributed by atoms with Crippen LogP contribution in [0.2, 0.25) is 0 Å². The average molecular weight is 712 g/mol. The molecule has 10 rings (SSSR count). The number of benzene rings is 8. The largest absolute Gasteiger partial charge is 0.208 e. The Hall–Kier alpha value is -7.11. The summed E-state index contributed by atoms with van der Waals surface area (Å²) in [5.41, 5.74) is 7.65. The molecular formula is C50H31F2N3. The van der Waals surface area contributed by atoms with Crippen molar-refractivity contribution in [2.45, 2.75) is 5.41 Å². The van der Waals surface area contributed by atoms with E-state index >= 15 is 0 Å². The lowest BCUT2D eigenvalue weighted by Crippen LogP contribution is -2.29. The van der Waals surface area contributed by atoms with Gasteiger partial charge in [0.15, 0.2) is 17.5 Å². The zero-order valence-electron chi connectivity index (χ0n) is 29.5. The molecule has 0 unspecified atom stereocenters. The second kappa shape index (κ2) is 13.1. The van der Waals surface area contributed by atoms with Crippen LogP contribution in [-0.4, -0.2) is 15.0 Å². The third-order valence-electron chi connectivity index (χ3n) is 10.7. The molecule has 55 heavy (non-hydrogen) atoms. The summed E-state index contributed by atoms with van der Waals surface area (Å²) in [6, 6.07) is 58.8. The van der Waals surface area contributed by atoms with E-state index in [9.17, 15) is 8.78 Å². The van der Waals surface area contributed by atoms with Crippen molar-refractivity contribution in [3.8, 4) is 34.2 Å². The maximum atomic E-state index is 14.4. The lowest BCUT2D eigenvalue weighted by Gasteiger charge is -2.36. The molecule has 1 aliphatic rings. The van der Waals surface area contributed by atoms with Gasteiger partial charge in [-0.25, -0.2) is 23.7 Å². The summed E-state index contributed by atoms with van der Waals surface area (Å²) in [6.45, 7) is 0. The highest BCUT2D eigenvalue weighted by atomic mass is 19.1. The minimum atomic E-state index is -0.820. The molecule has 1 heterocycles. The van der Waals surface area contributed by atoms with Crippen molar-refractivity contribution >= 4 is 33.2 Å². The van der Waals surface area contributed by atoms with Crippen LogP contribution in [0, 0.1) is 11.6 Å². The monoisotopic (exact) mass is 711 g/mol. The first-order valence-corrected chi connectivity index (χ1v) is 18.2. The van der Waals surface area contributed by atoms with Gasteiger partial charge in [-0.1, -0.05) is 146 Å². The fraction of sp³-hybridized carbons (Fsp3) is 0.0200. The molecule has 0 bridgehead atoms. The number of nitrogens with zero attached hydrogens (tertiary/aromatic N) is 3. The fourth-order valence-electron chi connectivity index (χ4n) is 8.08. The van der Waals surface area contributed by atoms with Crippen molar-refractivity contribution in [3.63, 3.8) is 0 Å². The quantitative estimate of drug-likeness (QED) is 0.172. The van der Waals surface area contributed by atoms with E-state index in [0.717, 1.165) is 71.6 Å². The van der Waals surface area contributed by atoms with Gasteiger partial charge < -0.3 is 0 Å². The highest BCUT2D eigenvalue weighted by molar-refractivity contribution is 6.00. The van der Waals surface area contributed by atoms with Crippen LogP contribution < -0.4 is 0 Å². The molecule has 0 saturated heterocycles. The summed E-state index contributed by atoms with van der Waals surface area (Å²) < 4.78 is 28.8. The van der Waals surface area contributed by atoms with E-state index in [4.69, 9.17) is 15.0 Å². The molecule has 0 radical (unpaired) electrons. The van der Waals surface area contributed by atoms with Crippen LogP contribution in [0.4, 0.5) is 8.78 Å². The molecule has 5 heteroatoms. The molecular weight excluding hydrogens is 681 g/mol. The molecule has 1 aromatic heterocycles. The zero-order chi connectivity index (χ0) is 36.9. The molecule has 9 aromatic rings. The highest BCUT2D eigenvalue weighted by Gasteiger charge is 2.45. The van der Waals surface area contributed by atoms with E-state index in [0.29, 0.717) is 17.5 Å². The van der Waals surface area contributed by atoms with Crippen molar-refractivity contribution in [1.29, 1.82) is 0 Å². The third-order valence-corrected chi connectivity index (χ3v) is 10.7. The molecule has 8 aromatic carbocycles. The van der Waals surface area contributed by atoms with Gasteiger partial charge >= 0.3 is 0 Å². The minimum absolute atomic E-state index is 0.317. The summed E-state index contributed by atoms with van der Waals surface area (Å²) in [5, 5.41) is 4.50. The Balaban J connectivity index is 1.12. The molecule has 0 N–H and O–H groups in total. The van der Waals surface area contributed by atoms with Crippen molar-refractivity contribution in [2.75, 3.05) is 0 Å². The average Bonchev–Trinajstić information content (AvgIpc) is 3.59. The van der Waals surface area contributed by atoms with Gasteiger partial charge in [0.1, 0.15) is 11.6 Å². The van der Waals surface area contributed by atoms with Gasteiger partial charge in [0.2, 0.25) is 0 Å². The first kappa shape index (κ1) is 32.5. The van der Waals surface area contributed by atoms with Gasteiger partial charge in [-0.05, 0) is 97.4 Å². The normalized spacial score (nSPS) is 13.2. The summed E-state index contributed by atoms with van der Waals surface area (Å²) in [4.78, 5) is 15.2. The highest BCUT2D eigenvalue weighted by Crippen LogP contribution is 2.55. The number of hydrogen-bond acceptors (Lipinski definition) is 3. The van der Waals surface area contributed by atoms with Gasteiger partial charge in [-0.3, -0.25) is 0 Å². The van der Waals surface area contributed by atoms with Crippen LogP contribution in [0.25, 0.3) is 67.4 Å². The number of hydrogen-bond donors (Lipinski definition) is 0. The maximum absolute atomic E-state index is 14.4. The molecule has 0 fully saturated rings. The topological polar surface area (TPSA) is 38.7 Å². The van der Waals surface area contributed by atoms with E-state index in [-0.39, 0.29) is 11.6 Å². The molecule has 0 amide bonds. The standard InChI is InChI=1S/C50H31F2N3/c51-43-25-21-41(22-26-43)50(42-23-27-44(52)28-24-42)45-12-6-5-11-38(45)31-46(50)34-15-17-35(18-16-34)47-53-48(39-19-13-32-7-1-3-9-36(32)29-39)55-49(54-47)40-20-14-33-8-2-4-10-37(33)30-40/h1-31H. The van der Waals surface area contributed by atoms with Crippen molar-refractivity contribution in [2.24, 2.45) is 0 Å². The van der Waals surface area contributed by atoms with E-state index in [1.165, 1.54) is 24.3 Å². The van der Waals surface area contributed by atoms with Crippen LogP contribution in [0.1, 0.15) is 27.8 Å². The van der Waals surface area contributed by atoms with Gasteiger partial charge in [0.25, 0.3) is 0 Å². The first-order chi connectivity index (χ1) is 27.0. The van der Waals surface area contributed by atoms with Crippen molar-refractivity contribution < 1.29 is 8.78 Å². The number of allylic oxidation sites excluding steroid dienone is 1. The molecule has 0 atom stereocenters. The Morgan fingerprint density at radius 1 is 0.364 bits per heavy atom. The van der Waals surface area contributed by atoms with Gasteiger partial charge in [-0.2, -0.15) is 0 Å². The zero-order valence-corrected chi connectivity index (χ0v) is 29.5. The molecule has 260 valence electrons. The second-order valence-electron chi connectivity index (χ2n) is 13.9. The Morgan fingerprint density at radius 3 is 1.31 bits per heavy atom. The molecule has 3 nitrogen and oxygen atoms in total. The lowest BCUT2D eigenvalue weighted by atomic mass is 9.65. The second-order valence-corrected chi connectivity index (χ2v) is 13.9. The minimum Gasteiger partial charge on any atom is -0.208 e. The maximum Gasteiger partial charge on any atom is 0.164 e. The third kappa shape index (κ3) is 5.60. The van der Waals surface area contributed by atoms with Gasteiger partial charge in [0, 0.05) is 16.7 Å². The molecule has 0 spiro atoms. The van der Waals surface area contributed by atoms with Crippen LogP contribution in [0.15, 0.2) is 182 Å². The summed E-state index contributed by atoms with van der Waals surface area (Å²) in [5.74, 6) is 1.09.